The number of rotatable bonds is 3. The Bertz CT molecular complexity index is 143. The van der Waals surface area contributed by atoms with Gasteiger partial charge in [-0.1, -0.05) is 13.8 Å². The van der Waals surface area contributed by atoms with E-state index in [4.69, 9.17) is 0 Å². The molecule has 0 heterocycles. The van der Waals surface area contributed by atoms with Crippen LogP contribution in [0.15, 0.2) is 0 Å². The highest BCUT2D eigenvalue weighted by molar-refractivity contribution is 7.97. The lowest BCUT2D eigenvalue weighted by atomic mass is 10.4. The molecule has 0 fully saturated rings. The second kappa shape index (κ2) is 5.18. The zero-order valence-corrected chi connectivity index (χ0v) is 7.90. The Morgan fingerprint density at radius 2 is 1.55 bits per heavy atom. The first-order valence-electron chi connectivity index (χ1n) is 3.57. The first-order chi connectivity index (χ1) is 5.17. The minimum Gasteiger partial charge on any atom is -0.273 e. The van der Waals surface area contributed by atoms with Crippen molar-refractivity contribution in [2.24, 2.45) is 0 Å². The minimum absolute atomic E-state index is 0.121. The van der Waals surface area contributed by atoms with Gasteiger partial charge in [0.2, 0.25) is 11.8 Å². The largest absolute Gasteiger partial charge is 0.273 e. The summed E-state index contributed by atoms with van der Waals surface area (Å²) in [6, 6.07) is 0. The number of amides is 2. The summed E-state index contributed by atoms with van der Waals surface area (Å²) in [7, 11) is 0. The molecular weight excluding hydrogens is 162 g/mol. The lowest BCUT2D eigenvalue weighted by Gasteiger charge is -2.14. The highest BCUT2D eigenvalue weighted by atomic mass is 32.2. The standard InChI is InChI=1S/C7H13NO2S/c1-4-6(9)8(11-3)7(10)5-2/h4-5H2,1-3H3. The number of carbonyl (C=O) groups is 2. The summed E-state index contributed by atoms with van der Waals surface area (Å²) in [4.78, 5) is 22.1. The maximum atomic E-state index is 11.0. The van der Waals surface area contributed by atoms with E-state index < -0.39 is 0 Å². The SMILES string of the molecule is CCC(=O)N(SC)C(=O)CC. The van der Waals surface area contributed by atoms with Crippen molar-refractivity contribution in [3.05, 3.63) is 0 Å². The van der Waals surface area contributed by atoms with Gasteiger partial charge in [0, 0.05) is 19.1 Å². The van der Waals surface area contributed by atoms with Gasteiger partial charge in [0.1, 0.15) is 0 Å². The molecule has 4 heteroatoms. The monoisotopic (exact) mass is 175 g/mol. The molecule has 0 N–H and O–H groups in total. The van der Waals surface area contributed by atoms with Gasteiger partial charge in [0.25, 0.3) is 0 Å². The van der Waals surface area contributed by atoms with Gasteiger partial charge in [0.05, 0.1) is 0 Å². The van der Waals surface area contributed by atoms with E-state index in [0.717, 1.165) is 0 Å². The molecule has 3 nitrogen and oxygen atoms in total. The third-order valence-electron chi connectivity index (χ3n) is 1.24. The fraction of sp³-hybridized carbons (Fsp3) is 0.714. The molecule has 0 aliphatic carbocycles. The highest BCUT2D eigenvalue weighted by Crippen LogP contribution is 2.09. The second-order valence-electron chi connectivity index (χ2n) is 1.97. The van der Waals surface area contributed by atoms with Crippen LogP contribution >= 0.6 is 11.9 Å². The molecule has 0 aromatic rings. The maximum Gasteiger partial charge on any atom is 0.239 e. The molecule has 0 saturated carbocycles. The topological polar surface area (TPSA) is 37.4 Å². The Labute approximate surface area is 71.3 Å². The van der Waals surface area contributed by atoms with Gasteiger partial charge in [-0.3, -0.25) is 9.59 Å². The van der Waals surface area contributed by atoms with Crippen LogP contribution in [0.4, 0.5) is 0 Å². The van der Waals surface area contributed by atoms with Crippen molar-refractivity contribution in [2.45, 2.75) is 26.7 Å². The highest BCUT2D eigenvalue weighted by Gasteiger charge is 2.16. The third-order valence-corrected chi connectivity index (χ3v) is 2.01. The van der Waals surface area contributed by atoms with Crippen LogP contribution in [0, 0.1) is 0 Å². The molecule has 0 unspecified atom stereocenters. The van der Waals surface area contributed by atoms with Gasteiger partial charge in [0.15, 0.2) is 0 Å². The van der Waals surface area contributed by atoms with Crippen molar-refractivity contribution in [2.75, 3.05) is 6.26 Å². The minimum atomic E-state index is -0.121. The number of hydrogen-bond donors (Lipinski definition) is 0. The summed E-state index contributed by atoms with van der Waals surface area (Å²) in [6.07, 6.45) is 2.49. The Hall–Kier alpha value is -0.510. The summed E-state index contributed by atoms with van der Waals surface area (Å²) in [5, 5.41) is 0. The Kier molecular flexibility index (Phi) is 4.94. The molecule has 0 radical (unpaired) electrons. The van der Waals surface area contributed by atoms with Crippen molar-refractivity contribution in [1.29, 1.82) is 0 Å². The van der Waals surface area contributed by atoms with E-state index in [1.807, 2.05) is 0 Å². The van der Waals surface area contributed by atoms with Crippen LogP contribution in [0.25, 0.3) is 0 Å². The predicted octanol–water partition coefficient (Wildman–Crippen LogP) is 1.44. The van der Waals surface area contributed by atoms with Crippen LogP contribution in [0.5, 0.6) is 0 Å². The number of hydrogen-bond acceptors (Lipinski definition) is 3. The van der Waals surface area contributed by atoms with Crippen LogP contribution in [0.1, 0.15) is 26.7 Å². The maximum absolute atomic E-state index is 11.0. The summed E-state index contributed by atoms with van der Waals surface area (Å²) in [6.45, 7) is 3.49. The van der Waals surface area contributed by atoms with Gasteiger partial charge < -0.3 is 0 Å². The average molecular weight is 175 g/mol. The molecule has 0 rings (SSSR count). The van der Waals surface area contributed by atoms with E-state index in [2.05, 4.69) is 0 Å². The fourth-order valence-electron chi connectivity index (χ4n) is 0.630. The summed E-state index contributed by atoms with van der Waals surface area (Å²) < 4.78 is 1.21. The number of imide groups is 1. The van der Waals surface area contributed by atoms with E-state index >= 15 is 0 Å². The molecule has 0 bridgehead atoms. The van der Waals surface area contributed by atoms with Gasteiger partial charge in [-0.2, -0.15) is 0 Å². The van der Waals surface area contributed by atoms with Crippen LogP contribution in [-0.2, 0) is 9.59 Å². The van der Waals surface area contributed by atoms with Gasteiger partial charge in [-0.15, -0.1) is 0 Å². The Morgan fingerprint density at radius 1 is 1.18 bits per heavy atom. The molecular formula is C7H13NO2S. The van der Waals surface area contributed by atoms with E-state index in [1.165, 1.54) is 16.3 Å². The molecule has 0 saturated heterocycles. The predicted molar refractivity (Wildman–Crippen MR) is 46.0 cm³/mol. The lowest BCUT2D eigenvalue weighted by Crippen LogP contribution is -2.29. The van der Waals surface area contributed by atoms with Crippen LogP contribution in [0.2, 0.25) is 0 Å². The molecule has 2 amide bonds. The molecule has 0 aromatic heterocycles. The summed E-state index contributed by atoms with van der Waals surface area (Å²) >= 11 is 1.17. The Balaban J connectivity index is 4.15. The van der Waals surface area contributed by atoms with Gasteiger partial charge in [-0.05, 0) is 11.9 Å². The lowest BCUT2D eigenvalue weighted by molar-refractivity contribution is -0.137. The molecule has 0 aliphatic rings. The second-order valence-corrected chi connectivity index (χ2v) is 2.70. The van der Waals surface area contributed by atoms with Crippen molar-refractivity contribution in [3.8, 4) is 0 Å². The van der Waals surface area contributed by atoms with E-state index in [9.17, 15) is 9.59 Å². The first-order valence-corrected chi connectivity index (χ1v) is 4.75. The normalized spacial score (nSPS) is 9.36. The van der Waals surface area contributed by atoms with Gasteiger partial charge in [-0.25, -0.2) is 4.31 Å². The Morgan fingerprint density at radius 3 is 1.73 bits per heavy atom. The van der Waals surface area contributed by atoms with E-state index in [1.54, 1.807) is 20.1 Å². The summed E-state index contributed by atoms with van der Waals surface area (Å²) in [5.74, 6) is -0.242. The quantitative estimate of drug-likeness (QED) is 0.609. The summed E-state index contributed by atoms with van der Waals surface area (Å²) in [5.41, 5.74) is 0. The fourth-order valence-corrected chi connectivity index (χ4v) is 1.30. The number of carbonyl (C=O) groups excluding carboxylic acids is 2. The van der Waals surface area contributed by atoms with E-state index in [-0.39, 0.29) is 11.8 Å². The van der Waals surface area contributed by atoms with Crippen LogP contribution in [0.3, 0.4) is 0 Å². The van der Waals surface area contributed by atoms with Gasteiger partial charge >= 0.3 is 0 Å². The first kappa shape index (κ1) is 10.5. The number of nitrogens with zero attached hydrogens (tertiary/aromatic N) is 1. The molecule has 0 spiro atoms. The van der Waals surface area contributed by atoms with Crippen molar-refractivity contribution < 1.29 is 9.59 Å². The van der Waals surface area contributed by atoms with Crippen molar-refractivity contribution >= 4 is 23.8 Å². The molecule has 64 valence electrons. The molecule has 0 aromatic carbocycles. The molecule has 0 aliphatic heterocycles. The zero-order chi connectivity index (χ0) is 8.85. The zero-order valence-electron chi connectivity index (χ0n) is 7.09. The van der Waals surface area contributed by atoms with E-state index in [0.29, 0.717) is 12.8 Å². The smallest absolute Gasteiger partial charge is 0.239 e. The van der Waals surface area contributed by atoms with Crippen LogP contribution in [-0.4, -0.2) is 22.4 Å². The average Bonchev–Trinajstić information content (AvgIpc) is 2.05. The van der Waals surface area contributed by atoms with Crippen molar-refractivity contribution in [1.82, 2.24) is 4.31 Å². The molecule has 0 atom stereocenters. The molecule has 11 heavy (non-hydrogen) atoms. The van der Waals surface area contributed by atoms with Crippen molar-refractivity contribution in [3.63, 3.8) is 0 Å². The van der Waals surface area contributed by atoms with Crippen LogP contribution < -0.4 is 0 Å². The third kappa shape index (κ3) is 2.93.